The minimum atomic E-state index is -2.30. The van der Waals surface area contributed by atoms with E-state index in [1.54, 1.807) is 12.3 Å². The number of benzene rings is 5. The predicted octanol–water partition coefficient (Wildman–Crippen LogP) is 12.3. The molecule has 5 heteroatoms. The molecule has 0 bridgehead atoms. The Bertz CT molecular complexity index is 2600. The van der Waals surface area contributed by atoms with Crippen molar-refractivity contribution in [2.45, 2.75) is 46.2 Å². The van der Waals surface area contributed by atoms with E-state index < -0.39 is 20.8 Å². The molecule has 0 amide bonds. The van der Waals surface area contributed by atoms with Crippen molar-refractivity contribution in [2.24, 2.45) is 0 Å². The van der Waals surface area contributed by atoms with Crippen LogP contribution >= 0.6 is 0 Å². The molecule has 0 aliphatic rings. The van der Waals surface area contributed by atoms with E-state index in [4.69, 9.17) is 9.90 Å². The van der Waals surface area contributed by atoms with Gasteiger partial charge in [0.05, 0.1) is 13.7 Å². The summed E-state index contributed by atoms with van der Waals surface area (Å²) in [5.74, 6) is -0.609. The molecule has 0 N–H and O–H groups in total. The molecule has 5 aromatic carbocycles. The Morgan fingerprint density at radius 1 is 0.692 bits per heavy atom. The quantitative estimate of drug-likeness (QED) is 0.123. The predicted molar refractivity (Wildman–Crippen MR) is 217 cm³/mol. The average molecular weight is 875 g/mol. The van der Waals surface area contributed by atoms with Crippen molar-refractivity contribution in [3.05, 3.63) is 163 Å². The van der Waals surface area contributed by atoms with Crippen LogP contribution in [-0.2, 0) is 20.1 Å². The van der Waals surface area contributed by atoms with E-state index in [1.165, 1.54) is 5.19 Å². The first-order valence-corrected chi connectivity index (χ1v) is 20.7. The van der Waals surface area contributed by atoms with Gasteiger partial charge in [-0.05, 0) is 57.6 Å². The zero-order valence-electron chi connectivity index (χ0n) is 33.9. The molecule has 0 aliphatic carbocycles. The maximum Gasteiger partial charge on any atom is 0.121 e. The van der Waals surface area contributed by atoms with E-state index in [1.807, 2.05) is 111 Å². The van der Waals surface area contributed by atoms with Gasteiger partial charge in [0.2, 0.25) is 0 Å². The van der Waals surface area contributed by atoms with Crippen LogP contribution < -0.4 is 5.19 Å². The Morgan fingerprint density at radius 2 is 1.40 bits per heavy atom. The van der Waals surface area contributed by atoms with Gasteiger partial charge in [0.15, 0.2) is 0 Å². The molecule has 0 fully saturated rings. The largest absolute Gasteiger partial charge is 0.501 e. The number of hydrogen-bond acceptors (Lipinski definition) is 3. The van der Waals surface area contributed by atoms with Crippen LogP contribution in [-0.4, -0.2) is 18.0 Å². The number of pyridine rings is 2. The van der Waals surface area contributed by atoms with Gasteiger partial charge in [0.1, 0.15) is 5.58 Å². The molecule has 1 radical (unpaired) electrons. The van der Waals surface area contributed by atoms with Gasteiger partial charge in [0.25, 0.3) is 0 Å². The summed E-state index contributed by atoms with van der Waals surface area (Å²) >= 11 is 0. The summed E-state index contributed by atoms with van der Waals surface area (Å²) in [5.41, 5.74) is 9.40. The van der Waals surface area contributed by atoms with E-state index in [9.17, 15) is 0 Å². The molecule has 8 rings (SSSR count). The third kappa shape index (κ3) is 7.78. The summed E-state index contributed by atoms with van der Waals surface area (Å²) in [7, 11) is -1.50. The van der Waals surface area contributed by atoms with Crippen molar-refractivity contribution in [1.29, 1.82) is 0 Å². The van der Waals surface area contributed by atoms with Crippen LogP contribution in [0.5, 0.6) is 0 Å². The average Bonchev–Trinajstić information content (AvgIpc) is 3.56. The fraction of sp³-hybridized carbons (Fsp3) is 0.149. The van der Waals surface area contributed by atoms with E-state index in [2.05, 4.69) is 72.1 Å². The maximum absolute atomic E-state index is 8.44. The molecule has 0 spiro atoms. The fourth-order valence-corrected chi connectivity index (χ4v) is 7.93. The summed E-state index contributed by atoms with van der Waals surface area (Å²) < 4.78 is 39.2. The zero-order chi connectivity index (χ0) is 39.0. The van der Waals surface area contributed by atoms with Crippen molar-refractivity contribution < 1.29 is 30.0 Å². The van der Waals surface area contributed by atoms with Crippen LogP contribution in [0.4, 0.5) is 0 Å². The summed E-state index contributed by atoms with van der Waals surface area (Å²) in [5, 5.41) is 3.21. The monoisotopic (exact) mass is 875 g/mol. The number of hydrogen-bond donors (Lipinski definition) is 0. The van der Waals surface area contributed by atoms with Gasteiger partial charge in [-0.15, -0.1) is 54.1 Å². The molecule has 3 aromatic heterocycles. The first kappa shape index (κ1) is 31.8. The number of aryl methyl sites for hydroxylation is 1. The molecular weight excluding hydrogens is 829 g/mol. The minimum absolute atomic E-state index is 0. The van der Waals surface area contributed by atoms with Crippen LogP contribution in [0.25, 0.3) is 66.7 Å². The number of furan rings is 1. The Labute approximate surface area is 327 Å². The normalized spacial score (nSPS) is 12.9. The fourth-order valence-electron chi connectivity index (χ4n) is 6.35. The molecule has 52 heavy (non-hydrogen) atoms. The summed E-state index contributed by atoms with van der Waals surface area (Å²) in [4.78, 5) is 9.25. The van der Waals surface area contributed by atoms with Gasteiger partial charge in [-0.25, -0.2) is 0 Å². The first-order chi connectivity index (χ1) is 26.2. The summed E-state index contributed by atoms with van der Waals surface area (Å²) in [6.45, 7) is 8.50. The molecule has 261 valence electrons. The third-order valence-electron chi connectivity index (χ3n) is 9.02. The van der Waals surface area contributed by atoms with Gasteiger partial charge in [-0.2, -0.15) is 0 Å². The molecule has 0 atom stereocenters. The topological polar surface area (TPSA) is 38.9 Å². The van der Waals surface area contributed by atoms with Crippen molar-refractivity contribution in [1.82, 2.24) is 9.97 Å². The van der Waals surface area contributed by atoms with Gasteiger partial charge in [-0.1, -0.05) is 135 Å². The second-order valence-corrected chi connectivity index (χ2v) is 18.9. The Kier molecular flexibility index (Phi) is 9.63. The Balaban J connectivity index is 0.000000217. The first-order valence-electron chi connectivity index (χ1n) is 19.2. The van der Waals surface area contributed by atoms with Crippen LogP contribution in [0.2, 0.25) is 19.6 Å². The Morgan fingerprint density at radius 3 is 2.08 bits per heavy atom. The SMILES string of the molecule is [2H]C(C)(C)c1cc(-c2[c-]cccc2)ncc1[Si](C)(C)C.[2H]C([2H])([2H])c1cc(-c2[c-]ccc3c2oc2cc(-c4ccccc4)ccc23)ncc1-c1ccccc1.[Ir]. The van der Waals surface area contributed by atoms with Gasteiger partial charge in [-0.3, -0.25) is 0 Å². The van der Waals surface area contributed by atoms with Crippen molar-refractivity contribution in [2.75, 3.05) is 0 Å². The van der Waals surface area contributed by atoms with Crippen LogP contribution in [0.3, 0.4) is 0 Å². The van der Waals surface area contributed by atoms with Crippen LogP contribution in [0.15, 0.2) is 144 Å². The molecular formula is C47H42IrN2OSi-2. The Hall–Kier alpha value is -4.93. The number of fused-ring (bicyclic) bond motifs is 3. The second-order valence-electron chi connectivity index (χ2n) is 13.9. The number of nitrogens with zero attached hydrogens (tertiary/aromatic N) is 2. The minimum Gasteiger partial charge on any atom is -0.501 e. The zero-order valence-corrected chi connectivity index (χ0v) is 33.3. The van der Waals surface area contributed by atoms with E-state index >= 15 is 0 Å². The number of rotatable bonds is 6. The van der Waals surface area contributed by atoms with Gasteiger partial charge >= 0.3 is 0 Å². The molecule has 8 aromatic rings. The molecule has 0 unspecified atom stereocenters. The van der Waals surface area contributed by atoms with Gasteiger partial charge in [0, 0.05) is 48.9 Å². The second kappa shape index (κ2) is 15.8. The van der Waals surface area contributed by atoms with Crippen LogP contribution in [0.1, 0.15) is 36.4 Å². The van der Waals surface area contributed by atoms with E-state index in [0.29, 0.717) is 22.4 Å². The third-order valence-corrected chi connectivity index (χ3v) is 11.0. The molecule has 0 aliphatic heterocycles. The standard InChI is InChI=1S/C30H20NO.C17H22NSi.Ir/c1-20-17-28(31-19-27(20)22-11-6-3-7-12-22)26-14-8-13-25-24-16-15-23(18-29(24)32-30(25)26)21-9-4-2-5-10-21;1-13(2)15-11-16(14-9-7-6-8-10-14)18-12-17(15)19(3,4)5;/h2-13,15-19H,1H3;6-9,11-13H,1-5H3;/q2*-1;/i1D3;13D;. The molecule has 0 saturated carbocycles. The maximum atomic E-state index is 8.44. The van der Waals surface area contributed by atoms with Crippen molar-refractivity contribution >= 4 is 35.2 Å². The molecule has 3 nitrogen and oxygen atoms in total. The molecule has 0 saturated heterocycles. The molecule has 3 heterocycles. The van der Waals surface area contributed by atoms with Gasteiger partial charge < -0.3 is 14.4 Å². The smallest absolute Gasteiger partial charge is 0.121 e. The van der Waals surface area contributed by atoms with Crippen molar-refractivity contribution in [3.63, 3.8) is 0 Å². The summed E-state index contributed by atoms with van der Waals surface area (Å²) in [6, 6.07) is 47.6. The van der Waals surface area contributed by atoms with Crippen LogP contribution in [0, 0.1) is 19.0 Å². The van der Waals surface area contributed by atoms with E-state index in [0.717, 1.165) is 49.9 Å². The summed E-state index contributed by atoms with van der Waals surface area (Å²) in [6.07, 6.45) is 3.61. The van der Waals surface area contributed by atoms with Crippen molar-refractivity contribution in [3.8, 4) is 44.8 Å². The number of aromatic nitrogens is 2. The van der Waals surface area contributed by atoms with E-state index in [-0.39, 0.29) is 25.7 Å².